The van der Waals surface area contributed by atoms with Crippen LogP contribution in [-0.4, -0.2) is 5.91 Å². The van der Waals surface area contributed by atoms with Crippen molar-refractivity contribution in [3.63, 3.8) is 0 Å². The fourth-order valence-corrected chi connectivity index (χ4v) is 2.01. The van der Waals surface area contributed by atoms with Crippen molar-refractivity contribution in [1.82, 2.24) is 5.32 Å². The first-order valence-electron chi connectivity index (χ1n) is 5.35. The maximum Gasteiger partial charge on any atom is 0.253 e. The lowest BCUT2D eigenvalue weighted by molar-refractivity contribution is 0.0948. The third-order valence-corrected chi connectivity index (χ3v) is 2.94. The van der Waals surface area contributed by atoms with Gasteiger partial charge in [-0.3, -0.25) is 4.79 Å². The molecule has 0 saturated heterocycles. The second kappa shape index (κ2) is 5.46. The van der Waals surface area contributed by atoms with Crippen LogP contribution in [-0.2, 0) is 6.54 Å². The molecule has 0 radical (unpaired) electrons. The Hall–Kier alpha value is -1.45. The summed E-state index contributed by atoms with van der Waals surface area (Å²) in [6.07, 6.45) is 0. The summed E-state index contributed by atoms with van der Waals surface area (Å²) in [6.45, 7) is 2.17. The van der Waals surface area contributed by atoms with Crippen molar-refractivity contribution in [2.75, 3.05) is 0 Å². The quantitative estimate of drug-likeness (QED) is 0.930. The van der Waals surface area contributed by atoms with Crippen molar-refractivity contribution in [3.8, 4) is 0 Å². The van der Waals surface area contributed by atoms with E-state index in [2.05, 4.69) is 5.32 Å². The molecule has 2 aromatic rings. The summed E-state index contributed by atoms with van der Waals surface area (Å²) in [5, 5.41) is 3.56. The summed E-state index contributed by atoms with van der Waals surface area (Å²) in [4.78, 5) is 11.9. The van der Waals surface area contributed by atoms with E-state index in [1.807, 2.05) is 19.1 Å². The zero-order valence-corrected chi connectivity index (χ0v) is 11.2. The Balaban J connectivity index is 2.03. The maximum atomic E-state index is 11.9. The van der Waals surface area contributed by atoms with Gasteiger partial charge in [-0.25, -0.2) is 0 Å². The highest BCUT2D eigenvalue weighted by Gasteiger charge is 2.10. The van der Waals surface area contributed by atoms with Crippen molar-refractivity contribution in [2.45, 2.75) is 13.5 Å². The van der Waals surface area contributed by atoms with Crippen LogP contribution in [0.3, 0.4) is 0 Å². The Morgan fingerprint density at radius 1 is 1.28 bits per heavy atom. The van der Waals surface area contributed by atoms with Crippen LogP contribution in [0.2, 0.25) is 10.0 Å². The summed E-state index contributed by atoms with van der Waals surface area (Å²) in [6, 6.07) is 8.41. The fourth-order valence-electron chi connectivity index (χ4n) is 1.52. The predicted octanol–water partition coefficient (Wildman–Crippen LogP) is 3.82. The topological polar surface area (TPSA) is 42.2 Å². The number of halogens is 2. The molecule has 1 heterocycles. The molecule has 0 aliphatic rings. The van der Waals surface area contributed by atoms with Crippen LogP contribution in [0.4, 0.5) is 0 Å². The minimum atomic E-state index is -0.259. The van der Waals surface area contributed by atoms with Crippen LogP contribution in [0.25, 0.3) is 0 Å². The Morgan fingerprint density at radius 3 is 2.67 bits per heavy atom. The molecule has 94 valence electrons. The molecule has 18 heavy (non-hydrogen) atoms. The monoisotopic (exact) mass is 283 g/mol. The molecular formula is C13H11Cl2NO2. The van der Waals surface area contributed by atoms with Gasteiger partial charge in [0, 0.05) is 5.02 Å². The summed E-state index contributed by atoms with van der Waals surface area (Å²) < 4.78 is 5.35. The van der Waals surface area contributed by atoms with Gasteiger partial charge in [0.2, 0.25) is 0 Å². The number of hydrogen-bond acceptors (Lipinski definition) is 2. The van der Waals surface area contributed by atoms with Crippen molar-refractivity contribution in [2.24, 2.45) is 0 Å². The van der Waals surface area contributed by atoms with Gasteiger partial charge in [0.05, 0.1) is 17.1 Å². The molecular weight excluding hydrogens is 273 g/mol. The van der Waals surface area contributed by atoms with E-state index in [-0.39, 0.29) is 5.91 Å². The SMILES string of the molecule is Cc1ccc(CNC(=O)c2ccc(Cl)cc2Cl)o1. The Morgan fingerprint density at radius 2 is 2.06 bits per heavy atom. The molecule has 1 aromatic heterocycles. The Kier molecular flexibility index (Phi) is 3.94. The molecule has 0 bridgehead atoms. The van der Waals surface area contributed by atoms with Crippen LogP contribution in [0.15, 0.2) is 34.7 Å². The normalized spacial score (nSPS) is 10.4. The van der Waals surface area contributed by atoms with Crippen molar-refractivity contribution in [3.05, 3.63) is 57.5 Å². The largest absolute Gasteiger partial charge is 0.465 e. The van der Waals surface area contributed by atoms with E-state index in [4.69, 9.17) is 27.6 Å². The van der Waals surface area contributed by atoms with Crippen molar-refractivity contribution < 1.29 is 9.21 Å². The van der Waals surface area contributed by atoms with Gasteiger partial charge in [0.25, 0.3) is 5.91 Å². The average molecular weight is 284 g/mol. The highest BCUT2D eigenvalue weighted by Crippen LogP contribution is 2.20. The minimum Gasteiger partial charge on any atom is -0.465 e. The number of carbonyl (C=O) groups excluding carboxylic acids is 1. The zero-order valence-electron chi connectivity index (χ0n) is 9.67. The fraction of sp³-hybridized carbons (Fsp3) is 0.154. The highest BCUT2D eigenvalue weighted by molar-refractivity contribution is 6.36. The molecule has 0 saturated carbocycles. The van der Waals surface area contributed by atoms with Crippen molar-refractivity contribution >= 4 is 29.1 Å². The average Bonchev–Trinajstić information content (AvgIpc) is 2.72. The molecule has 1 N–H and O–H groups in total. The van der Waals surface area contributed by atoms with E-state index in [0.29, 0.717) is 27.9 Å². The summed E-state index contributed by atoms with van der Waals surface area (Å²) >= 11 is 11.7. The molecule has 0 atom stereocenters. The molecule has 0 aliphatic carbocycles. The molecule has 0 aliphatic heterocycles. The first kappa shape index (κ1) is 13.0. The third kappa shape index (κ3) is 3.06. The maximum absolute atomic E-state index is 11.9. The van der Waals surface area contributed by atoms with Gasteiger partial charge in [-0.2, -0.15) is 0 Å². The van der Waals surface area contributed by atoms with Gasteiger partial charge >= 0.3 is 0 Å². The van der Waals surface area contributed by atoms with E-state index in [1.54, 1.807) is 12.1 Å². The van der Waals surface area contributed by atoms with Crippen LogP contribution < -0.4 is 5.32 Å². The number of aryl methyl sites for hydroxylation is 1. The standard InChI is InChI=1S/C13H11Cl2NO2/c1-8-2-4-10(18-8)7-16-13(17)11-5-3-9(14)6-12(11)15/h2-6H,7H2,1H3,(H,16,17). The van der Waals surface area contributed by atoms with Gasteiger partial charge in [-0.05, 0) is 37.3 Å². The smallest absolute Gasteiger partial charge is 0.253 e. The summed E-state index contributed by atoms with van der Waals surface area (Å²) in [5.41, 5.74) is 0.393. The van der Waals surface area contributed by atoms with E-state index in [9.17, 15) is 4.79 Å². The third-order valence-electron chi connectivity index (χ3n) is 2.39. The van der Waals surface area contributed by atoms with E-state index in [1.165, 1.54) is 6.07 Å². The molecule has 2 rings (SSSR count). The highest BCUT2D eigenvalue weighted by atomic mass is 35.5. The predicted molar refractivity (Wildman–Crippen MR) is 71.1 cm³/mol. The number of nitrogens with one attached hydrogen (secondary N) is 1. The zero-order chi connectivity index (χ0) is 13.1. The molecule has 0 unspecified atom stereocenters. The molecule has 1 amide bonds. The Labute approximate surface area is 115 Å². The first-order chi connectivity index (χ1) is 8.56. The number of amides is 1. The van der Waals surface area contributed by atoms with Crippen LogP contribution in [0.5, 0.6) is 0 Å². The van der Waals surface area contributed by atoms with Gasteiger partial charge in [0.1, 0.15) is 11.5 Å². The molecule has 0 spiro atoms. The lowest BCUT2D eigenvalue weighted by atomic mass is 10.2. The lowest BCUT2D eigenvalue weighted by Gasteiger charge is -2.05. The minimum absolute atomic E-state index is 0.259. The van der Waals surface area contributed by atoms with E-state index < -0.39 is 0 Å². The van der Waals surface area contributed by atoms with Gasteiger partial charge < -0.3 is 9.73 Å². The number of hydrogen-bond donors (Lipinski definition) is 1. The number of carbonyl (C=O) groups is 1. The van der Waals surface area contributed by atoms with Crippen LogP contribution >= 0.6 is 23.2 Å². The number of benzene rings is 1. The molecule has 3 nitrogen and oxygen atoms in total. The van der Waals surface area contributed by atoms with Gasteiger partial charge in [-0.1, -0.05) is 23.2 Å². The molecule has 1 aromatic carbocycles. The van der Waals surface area contributed by atoms with E-state index in [0.717, 1.165) is 5.76 Å². The number of furan rings is 1. The lowest BCUT2D eigenvalue weighted by Crippen LogP contribution is -2.22. The Bertz CT molecular complexity index is 578. The molecule has 0 fully saturated rings. The van der Waals surface area contributed by atoms with E-state index >= 15 is 0 Å². The summed E-state index contributed by atoms with van der Waals surface area (Å²) in [7, 11) is 0. The summed E-state index contributed by atoms with van der Waals surface area (Å²) in [5.74, 6) is 1.25. The van der Waals surface area contributed by atoms with Crippen molar-refractivity contribution in [1.29, 1.82) is 0 Å². The first-order valence-corrected chi connectivity index (χ1v) is 6.10. The van der Waals surface area contributed by atoms with Crippen LogP contribution in [0.1, 0.15) is 21.9 Å². The van der Waals surface area contributed by atoms with Crippen LogP contribution in [0, 0.1) is 6.92 Å². The second-order valence-corrected chi connectivity index (χ2v) is 4.66. The second-order valence-electron chi connectivity index (χ2n) is 3.82. The van der Waals surface area contributed by atoms with Gasteiger partial charge in [0.15, 0.2) is 0 Å². The van der Waals surface area contributed by atoms with Gasteiger partial charge in [-0.15, -0.1) is 0 Å². The number of rotatable bonds is 3. The molecule has 5 heteroatoms.